The Bertz CT molecular complexity index is 365. The van der Waals surface area contributed by atoms with Crippen LogP contribution >= 0.6 is 15.9 Å². The first-order valence-corrected chi connectivity index (χ1v) is 6.11. The molecule has 0 fully saturated rings. The van der Waals surface area contributed by atoms with E-state index in [0.717, 1.165) is 22.1 Å². The molecule has 2 N–H and O–H groups in total. The Labute approximate surface area is 98.8 Å². The lowest BCUT2D eigenvalue weighted by atomic mass is 9.89. The van der Waals surface area contributed by atoms with Crippen LogP contribution in [0.15, 0.2) is 22.7 Å². The number of aliphatic hydroxyl groups is 1. The fourth-order valence-electron chi connectivity index (χ4n) is 2.01. The van der Waals surface area contributed by atoms with Crippen molar-refractivity contribution in [1.82, 2.24) is 0 Å². The Morgan fingerprint density at radius 1 is 1.47 bits per heavy atom. The summed E-state index contributed by atoms with van der Waals surface area (Å²) in [4.78, 5) is 0. The number of hydrogen-bond acceptors (Lipinski definition) is 2. The van der Waals surface area contributed by atoms with Crippen LogP contribution in [0.25, 0.3) is 0 Å². The molecule has 1 aromatic carbocycles. The molecule has 2 unspecified atom stereocenters. The zero-order valence-electron chi connectivity index (χ0n) is 9.00. The lowest BCUT2D eigenvalue weighted by molar-refractivity contribution is 0.148. The lowest BCUT2D eigenvalue weighted by Gasteiger charge is -2.33. The summed E-state index contributed by atoms with van der Waals surface area (Å²) in [6, 6.07) is 6.39. The van der Waals surface area contributed by atoms with Gasteiger partial charge in [-0.2, -0.15) is 0 Å². The van der Waals surface area contributed by atoms with E-state index in [9.17, 15) is 5.11 Å². The Hall–Kier alpha value is -0.540. The van der Waals surface area contributed by atoms with Crippen LogP contribution in [-0.4, -0.2) is 11.1 Å². The average Bonchev–Trinajstić information content (AvgIpc) is 2.18. The van der Waals surface area contributed by atoms with Gasteiger partial charge in [0.15, 0.2) is 0 Å². The molecule has 0 aromatic heterocycles. The molecule has 1 aromatic rings. The van der Waals surface area contributed by atoms with Gasteiger partial charge in [-0.1, -0.05) is 29.8 Å². The molecule has 3 heteroatoms. The number of anilines is 1. The van der Waals surface area contributed by atoms with Crippen molar-refractivity contribution in [3.63, 3.8) is 0 Å². The highest BCUT2D eigenvalue weighted by Gasteiger charge is 2.26. The standard InChI is InChI=1S/C12H16BrNO/c1-7(2)11-6-12(15)9-5-8(13)3-4-10(9)14-11/h3-5,7,11-12,14-15H,6H2,1-2H3. The maximum Gasteiger partial charge on any atom is 0.0830 e. The van der Waals surface area contributed by atoms with Gasteiger partial charge in [-0.25, -0.2) is 0 Å². The van der Waals surface area contributed by atoms with Crippen LogP contribution in [0.2, 0.25) is 0 Å². The summed E-state index contributed by atoms with van der Waals surface area (Å²) in [6.45, 7) is 4.35. The molecule has 2 atom stereocenters. The summed E-state index contributed by atoms with van der Waals surface area (Å²) in [5, 5.41) is 13.5. The number of aliphatic hydroxyl groups excluding tert-OH is 1. The van der Waals surface area contributed by atoms with Gasteiger partial charge >= 0.3 is 0 Å². The molecule has 15 heavy (non-hydrogen) atoms. The monoisotopic (exact) mass is 269 g/mol. The van der Waals surface area contributed by atoms with Crippen molar-refractivity contribution in [3.8, 4) is 0 Å². The first kappa shape index (κ1) is 11.0. The topological polar surface area (TPSA) is 32.3 Å². The fraction of sp³-hybridized carbons (Fsp3) is 0.500. The van der Waals surface area contributed by atoms with Crippen molar-refractivity contribution in [3.05, 3.63) is 28.2 Å². The Morgan fingerprint density at radius 3 is 2.87 bits per heavy atom. The normalized spacial score (nSPS) is 24.9. The smallest absolute Gasteiger partial charge is 0.0830 e. The van der Waals surface area contributed by atoms with Crippen molar-refractivity contribution < 1.29 is 5.11 Å². The van der Waals surface area contributed by atoms with Crippen LogP contribution < -0.4 is 5.32 Å². The van der Waals surface area contributed by atoms with Gasteiger partial charge in [0.25, 0.3) is 0 Å². The quantitative estimate of drug-likeness (QED) is 0.820. The Balaban J connectivity index is 2.32. The van der Waals surface area contributed by atoms with E-state index in [0.29, 0.717) is 12.0 Å². The third-order valence-electron chi connectivity index (χ3n) is 3.00. The predicted molar refractivity (Wildman–Crippen MR) is 66.0 cm³/mol. The van der Waals surface area contributed by atoms with E-state index < -0.39 is 0 Å². The second-order valence-corrected chi connectivity index (χ2v) is 5.39. The Morgan fingerprint density at radius 2 is 2.20 bits per heavy atom. The van der Waals surface area contributed by atoms with Crippen molar-refractivity contribution in [2.75, 3.05) is 5.32 Å². The molecule has 0 spiro atoms. The van der Waals surface area contributed by atoms with Crippen LogP contribution in [0.3, 0.4) is 0 Å². The molecule has 1 aliphatic heterocycles. The first-order valence-electron chi connectivity index (χ1n) is 5.32. The maximum atomic E-state index is 10.0. The number of fused-ring (bicyclic) bond motifs is 1. The predicted octanol–water partition coefficient (Wildman–Crippen LogP) is 3.32. The number of benzene rings is 1. The van der Waals surface area contributed by atoms with Crippen LogP contribution in [0.1, 0.15) is 31.9 Å². The van der Waals surface area contributed by atoms with Gasteiger partial charge in [-0.15, -0.1) is 0 Å². The van der Waals surface area contributed by atoms with E-state index in [2.05, 4.69) is 35.1 Å². The van der Waals surface area contributed by atoms with Gasteiger partial charge in [0, 0.05) is 21.8 Å². The highest BCUT2D eigenvalue weighted by molar-refractivity contribution is 9.10. The highest BCUT2D eigenvalue weighted by Crippen LogP contribution is 2.36. The molecule has 1 heterocycles. The summed E-state index contributed by atoms with van der Waals surface area (Å²) in [7, 11) is 0. The van der Waals surface area contributed by atoms with Crippen molar-refractivity contribution in [2.24, 2.45) is 5.92 Å². The molecule has 0 bridgehead atoms. The van der Waals surface area contributed by atoms with Crippen LogP contribution in [0.5, 0.6) is 0 Å². The molecular formula is C12H16BrNO. The highest BCUT2D eigenvalue weighted by atomic mass is 79.9. The number of halogens is 1. The third kappa shape index (κ3) is 2.18. The SMILES string of the molecule is CC(C)C1CC(O)c2cc(Br)ccc2N1. The van der Waals surface area contributed by atoms with E-state index in [1.54, 1.807) is 0 Å². The average molecular weight is 270 g/mol. The summed E-state index contributed by atoms with van der Waals surface area (Å²) >= 11 is 3.42. The molecule has 0 amide bonds. The van der Waals surface area contributed by atoms with Gasteiger partial charge in [0.05, 0.1) is 6.10 Å². The minimum atomic E-state index is -0.342. The van der Waals surface area contributed by atoms with Crippen molar-refractivity contribution >= 4 is 21.6 Å². The minimum Gasteiger partial charge on any atom is -0.388 e. The summed E-state index contributed by atoms with van der Waals surface area (Å²) in [6.07, 6.45) is 0.451. The molecular weight excluding hydrogens is 254 g/mol. The Kier molecular flexibility index (Phi) is 3.03. The molecule has 0 radical (unpaired) electrons. The van der Waals surface area contributed by atoms with Gasteiger partial charge in [0.1, 0.15) is 0 Å². The molecule has 82 valence electrons. The number of rotatable bonds is 1. The number of nitrogens with one attached hydrogen (secondary N) is 1. The molecule has 0 saturated carbocycles. The summed E-state index contributed by atoms with van der Waals surface area (Å²) in [5.74, 6) is 0.538. The van der Waals surface area contributed by atoms with Gasteiger partial charge in [0.2, 0.25) is 0 Å². The van der Waals surface area contributed by atoms with Crippen LogP contribution in [0, 0.1) is 5.92 Å². The molecule has 0 saturated heterocycles. The van der Waals surface area contributed by atoms with E-state index in [-0.39, 0.29) is 6.10 Å². The molecule has 2 nitrogen and oxygen atoms in total. The van der Waals surface area contributed by atoms with E-state index in [1.165, 1.54) is 0 Å². The third-order valence-corrected chi connectivity index (χ3v) is 3.49. The van der Waals surface area contributed by atoms with Crippen molar-refractivity contribution in [1.29, 1.82) is 0 Å². The minimum absolute atomic E-state index is 0.342. The zero-order chi connectivity index (χ0) is 11.0. The second-order valence-electron chi connectivity index (χ2n) is 4.48. The van der Waals surface area contributed by atoms with Crippen LogP contribution in [-0.2, 0) is 0 Å². The van der Waals surface area contributed by atoms with E-state index in [4.69, 9.17) is 0 Å². The van der Waals surface area contributed by atoms with Crippen molar-refractivity contribution in [2.45, 2.75) is 32.4 Å². The summed E-state index contributed by atoms with van der Waals surface area (Å²) < 4.78 is 1.02. The van der Waals surface area contributed by atoms with Crippen LogP contribution in [0.4, 0.5) is 5.69 Å². The zero-order valence-corrected chi connectivity index (χ0v) is 10.6. The molecule has 2 rings (SSSR count). The van der Waals surface area contributed by atoms with E-state index in [1.807, 2.05) is 18.2 Å². The molecule has 1 aliphatic rings. The summed E-state index contributed by atoms with van der Waals surface area (Å²) in [5.41, 5.74) is 2.07. The van der Waals surface area contributed by atoms with Gasteiger partial charge in [-0.3, -0.25) is 0 Å². The fourth-order valence-corrected chi connectivity index (χ4v) is 2.38. The number of hydrogen-bond donors (Lipinski definition) is 2. The largest absolute Gasteiger partial charge is 0.388 e. The lowest BCUT2D eigenvalue weighted by Crippen LogP contribution is -2.32. The van der Waals surface area contributed by atoms with Gasteiger partial charge < -0.3 is 10.4 Å². The second kappa shape index (κ2) is 4.14. The van der Waals surface area contributed by atoms with E-state index >= 15 is 0 Å². The maximum absolute atomic E-state index is 10.0. The molecule has 0 aliphatic carbocycles. The van der Waals surface area contributed by atoms with Gasteiger partial charge in [-0.05, 0) is 30.5 Å². The first-order chi connectivity index (χ1) is 7.08.